The van der Waals surface area contributed by atoms with Gasteiger partial charge in [-0.15, -0.1) is 0 Å². The number of hydrogen-bond acceptors (Lipinski definition) is 4. The SMILES string of the molecule is O=C1NCCCC[C@H]1NC(=O)N(Cc1ccco1)Cc1ccccc1O. The van der Waals surface area contributed by atoms with Crippen LogP contribution in [0.3, 0.4) is 0 Å². The Labute approximate surface area is 152 Å². The van der Waals surface area contributed by atoms with Crippen molar-refractivity contribution in [2.24, 2.45) is 0 Å². The Morgan fingerprint density at radius 1 is 1.23 bits per heavy atom. The van der Waals surface area contributed by atoms with Crippen molar-refractivity contribution < 1.29 is 19.1 Å². The van der Waals surface area contributed by atoms with Gasteiger partial charge in [-0.25, -0.2) is 4.79 Å². The molecule has 2 heterocycles. The Kier molecular flexibility index (Phi) is 5.78. The van der Waals surface area contributed by atoms with E-state index in [0.717, 1.165) is 12.8 Å². The predicted molar refractivity (Wildman–Crippen MR) is 95.2 cm³/mol. The van der Waals surface area contributed by atoms with Crippen molar-refractivity contribution in [3.8, 4) is 5.75 Å². The van der Waals surface area contributed by atoms with Crippen molar-refractivity contribution in [3.05, 3.63) is 54.0 Å². The number of amides is 3. The third-order valence-corrected chi connectivity index (χ3v) is 4.40. The standard InChI is InChI=1S/C19H23N3O4/c23-17-9-2-1-6-14(17)12-22(13-15-7-5-11-26-15)19(25)21-16-8-3-4-10-20-18(16)24/h1-2,5-7,9,11,16,23H,3-4,8,10,12-13H2,(H,20,24)(H,21,25)/t16-/m1/s1. The predicted octanol–water partition coefficient (Wildman–Crippen LogP) is 2.37. The first-order chi connectivity index (χ1) is 12.6. The van der Waals surface area contributed by atoms with Gasteiger partial charge < -0.3 is 25.1 Å². The summed E-state index contributed by atoms with van der Waals surface area (Å²) < 4.78 is 5.35. The number of rotatable bonds is 5. The number of carbonyl (C=O) groups excluding carboxylic acids is 2. The zero-order valence-electron chi connectivity index (χ0n) is 14.5. The number of aromatic hydroxyl groups is 1. The van der Waals surface area contributed by atoms with Gasteiger partial charge in [0.2, 0.25) is 5.91 Å². The molecule has 3 rings (SSSR count). The van der Waals surface area contributed by atoms with Crippen molar-refractivity contribution in [1.29, 1.82) is 0 Å². The third-order valence-electron chi connectivity index (χ3n) is 4.40. The van der Waals surface area contributed by atoms with E-state index in [-0.39, 0.29) is 30.8 Å². The molecule has 1 aliphatic heterocycles. The summed E-state index contributed by atoms with van der Waals surface area (Å²) in [4.78, 5) is 26.4. The van der Waals surface area contributed by atoms with Crippen LogP contribution in [0, 0.1) is 0 Å². The van der Waals surface area contributed by atoms with E-state index in [1.165, 1.54) is 4.90 Å². The largest absolute Gasteiger partial charge is 0.508 e. The first-order valence-corrected chi connectivity index (χ1v) is 8.76. The van der Waals surface area contributed by atoms with Gasteiger partial charge in [-0.05, 0) is 37.5 Å². The zero-order valence-corrected chi connectivity index (χ0v) is 14.5. The molecule has 1 saturated heterocycles. The van der Waals surface area contributed by atoms with Gasteiger partial charge in [-0.2, -0.15) is 0 Å². The summed E-state index contributed by atoms with van der Waals surface area (Å²) in [5.74, 6) is 0.592. The van der Waals surface area contributed by atoms with Gasteiger partial charge in [0.25, 0.3) is 0 Å². The van der Waals surface area contributed by atoms with E-state index in [4.69, 9.17) is 4.42 Å². The van der Waals surface area contributed by atoms with E-state index in [1.807, 2.05) is 0 Å². The highest BCUT2D eigenvalue weighted by Gasteiger charge is 2.25. The van der Waals surface area contributed by atoms with Crippen LogP contribution >= 0.6 is 0 Å². The van der Waals surface area contributed by atoms with Crippen LogP contribution in [0.2, 0.25) is 0 Å². The fourth-order valence-corrected chi connectivity index (χ4v) is 2.96. The Bertz CT molecular complexity index is 745. The highest BCUT2D eigenvalue weighted by atomic mass is 16.3. The van der Waals surface area contributed by atoms with E-state index in [9.17, 15) is 14.7 Å². The van der Waals surface area contributed by atoms with Gasteiger partial charge in [0.05, 0.1) is 19.4 Å². The molecule has 1 fully saturated rings. The summed E-state index contributed by atoms with van der Waals surface area (Å²) in [7, 11) is 0. The number of hydrogen-bond donors (Lipinski definition) is 3. The highest BCUT2D eigenvalue weighted by Crippen LogP contribution is 2.19. The van der Waals surface area contributed by atoms with Gasteiger partial charge in [-0.3, -0.25) is 4.79 Å². The van der Waals surface area contributed by atoms with Crippen LogP contribution in [0.25, 0.3) is 0 Å². The fraction of sp³-hybridized carbons (Fsp3) is 0.368. The number of urea groups is 1. The second-order valence-corrected chi connectivity index (χ2v) is 6.35. The molecule has 2 aromatic rings. The Morgan fingerprint density at radius 3 is 2.85 bits per heavy atom. The molecule has 0 aliphatic carbocycles. The van der Waals surface area contributed by atoms with E-state index in [0.29, 0.717) is 24.3 Å². The van der Waals surface area contributed by atoms with Crippen LogP contribution in [0.1, 0.15) is 30.6 Å². The molecule has 0 radical (unpaired) electrons. The van der Waals surface area contributed by atoms with E-state index < -0.39 is 6.04 Å². The minimum atomic E-state index is -0.548. The second-order valence-electron chi connectivity index (χ2n) is 6.35. The molecule has 7 heteroatoms. The molecule has 1 atom stereocenters. The Balaban J connectivity index is 1.74. The molecule has 0 bridgehead atoms. The average Bonchev–Trinajstić information content (AvgIpc) is 3.06. The quantitative estimate of drug-likeness (QED) is 0.766. The van der Waals surface area contributed by atoms with Crippen LogP contribution in [0.4, 0.5) is 4.79 Å². The van der Waals surface area contributed by atoms with Crippen LogP contribution in [0.5, 0.6) is 5.75 Å². The Hall–Kier alpha value is -2.96. The molecule has 138 valence electrons. The van der Waals surface area contributed by atoms with Gasteiger partial charge in [0, 0.05) is 12.1 Å². The average molecular weight is 357 g/mol. The minimum Gasteiger partial charge on any atom is -0.508 e. The molecule has 1 aromatic heterocycles. The maximum absolute atomic E-state index is 12.8. The zero-order chi connectivity index (χ0) is 18.4. The topological polar surface area (TPSA) is 94.8 Å². The monoisotopic (exact) mass is 357 g/mol. The van der Waals surface area contributed by atoms with Crippen LogP contribution in [0.15, 0.2) is 47.1 Å². The van der Waals surface area contributed by atoms with Crippen molar-refractivity contribution in [2.45, 2.75) is 38.4 Å². The van der Waals surface area contributed by atoms with Crippen LogP contribution in [-0.4, -0.2) is 34.5 Å². The summed E-state index contributed by atoms with van der Waals surface area (Å²) in [6, 6.07) is 9.49. The molecule has 0 spiro atoms. The molecule has 1 aliphatic rings. The molecule has 0 saturated carbocycles. The summed E-state index contributed by atoms with van der Waals surface area (Å²) in [5, 5.41) is 15.6. The van der Waals surface area contributed by atoms with Crippen LogP contribution in [-0.2, 0) is 17.9 Å². The first-order valence-electron chi connectivity index (χ1n) is 8.76. The first kappa shape index (κ1) is 17.8. The molecular formula is C19H23N3O4. The molecule has 0 unspecified atom stereocenters. The fourth-order valence-electron chi connectivity index (χ4n) is 2.96. The van der Waals surface area contributed by atoms with Gasteiger partial charge >= 0.3 is 6.03 Å². The van der Waals surface area contributed by atoms with E-state index in [2.05, 4.69) is 10.6 Å². The number of carbonyl (C=O) groups is 2. The number of phenolic OH excluding ortho intramolecular Hbond substituents is 1. The molecule has 7 nitrogen and oxygen atoms in total. The Morgan fingerprint density at radius 2 is 2.08 bits per heavy atom. The third kappa shape index (κ3) is 4.56. The molecule has 3 N–H and O–H groups in total. The summed E-state index contributed by atoms with van der Waals surface area (Å²) in [6.07, 6.45) is 3.94. The van der Waals surface area contributed by atoms with Crippen LogP contribution < -0.4 is 10.6 Å². The van der Waals surface area contributed by atoms with Gasteiger partial charge in [0.1, 0.15) is 17.6 Å². The number of phenols is 1. The number of nitrogens with one attached hydrogen (secondary N) is 2. The van der Waals surface area contributed by atoms with Crippen molar-refractivity contribution in [1.82, 2.24) is 15.5 Å². The van der Waals surface area contributed by atoms with Gasteiger partial charge in [-0.1, -0.05) is 18.2 Å². The van der Waals surface area contributed by atoms with E-state index >= 15 is 0 Å². The highest BCUT2D eigenvalue weighted by molar-refractivity contribution is 5.87. The van der Waals surface area contributed by atoms with Crippen molar-refractivity contribution >= 4 is 11.9 Å². The minimum absolute atomic E-state index is 0.122. The lowest BCUT2D eigenvalue weighted by molar-refractivity contribution is -0.122. The smallest absolute Gasteiger partial charge is 0.318 e. The molecule has 3 amide bonds. The normalized spacial score (nSPS) is 17.2. The maximum Gasteiger partial charge on any atom is 0.318 e. The number of nitrogens with zero attached hydrogens (tertiary/aromatic N) is 1. The second kappa shape index (κ2) is 8.42. The van der Waals surface area contributed by atoms with Gasteiger partial charge in [0.15, 0.2) is 0 Å². The van der Waals surface area contributed by atoms with Crippen molar-refractivity contribution in [3.63, 3.8) is 0 Å². The number of benzene rings is 1. The molecule has 1 aromatic carbocycles. The maximum atomic E-state index is 12.8. The summed E-state index contributed by atoms with van der Waals surface area (Å²) in [5.41, 5.74) is 0.625. The molecular weight excluding hydrogens is 334 g/mol. The lowest BCUT2D eigenvalue weighted by Crippen LogP contribution is -2.50. The lowest BCUT2D eigenvalue weighted by Gasteiger charge is -2.25. The molecule has 26 heavy (non-hydrogen) atoms. The number of para-hydroxylation sites is 1. The summed E-state index contributed by atoms with van der Waals surface area (Å²) in [6.45, 7) is 1.08. The summed E-state index contributed by atoms with van der Waals surface area (Å²) >= 11 is 0. The van der Waals surface area contributed by atoms with E-state index in [1.54, 1.807) is 42.7 Å². The van der Waals surface area contributed by atoms with Crippen molar-refractivity contribution in [2.75, 3.05) is 6.54 Å². The lowest BCUT2D eigenvalue weighted by atomic mass is 10.1. The number of furan rings is 1.